The summed E-state index contributed by atoms with van der Waals surface area (Å²) in [5, 5.41) is 0. The number of benzene rings is 3. The summed E-state index contributed by atoms with van der Waals surface area (Å²) in [7, 11) is 1.63. The number of unbranched alkanes of at least 4 members (excludes halogenated alkanes) is 2. The van der Waals surface area contributed by atoms with Gasteiger partial charge < -0.3 is 47.4 Å². The van der Waals surface area contributed by atoms with Gasteiger partial charge in [-0.3, -0.25) is 0 Å². The van der Waals surface area contributed by atoms with E-state index in [1.807, 2.05) is 0 Å². The maximum Gasteiger partial charge on any atom is 0.343 e. The van der Waals surface area contributed by atoms with E-state index in [0.717, 1.165) is 31.1 Å². The molecule has 0 aliphatic rings. The van der Waals surface area contributed by atoms with Crippen LogP contribution in [0.4, 0.5) is 0 Å². The lowest BCUT2D eigenvalue weighted by atomic mass is 10.2. The Balaban J connectivity index is 1.47. The van der Waals surface area contributed by atoms with Gasteiger partial charge in [0.25, 0.3) is 0 Å². The molecule has 322 valence electrons. The van der Waals surface area contributed by atoms with Crippen LogP contribution in [-0.2, 0) is 42.8 Å². The lowest BCUT2D eigenvalue weighted by molar-refractivity contribution is -0.148. The van der Waals surface area contributed by atoms with E-state index < -0.39 is 42.1 Å². The number of ether oxygens (including phenoxy) is 10. The molecule has 3 aromatic rings. The van der Waals surface area contributed by atoms with Crippen LogP contribution in [0.2, 0.25) is 0 Å². The van der Waals surface area contributed by atoms with Gasteiger partial charge in [-0.25, -0.2) is 24.0 Å². The Kier molecular flexibility index (Phi) is 22.4. The fourth-order valence-corrected chi connectivity index (χ4v) is 5.05. The molecule has 0 amide bonds. The first-order valence-corrected chi connectivity index (χ1v) is 19.3. The first kappa shape index (κ1) is 48.4. The fourth-order valence-electron chi connectivity index (χ4n) is 4.80. The highest BCUT2D eigenvalue weighted by atomic mass is 32.1. The van der Waals surface area contributed by atoms with Crippen molar-refractivity contribution in [2.75, 3.05) is 60.0 Å². The van der Waals surface area contributed by atoms with Crippen LogP contribution < -0.4 is 18.9 Å². The molecule has 16 heteroatoms. The Morgan fingerprint density at radius 2 is 1.02 bits per heavy atom. The fraction of sp³-hybridized carbons (Fsp3) is 0.341. The van der Waals surface area contributed by atoms with Crippen molar-refractivity contribution >= 4 is 42.5 Å². The Labute approximate surface area is 354 Å². The van der Waals surface area contributed by atoms with Gasteiger partial charge in [0.1, 0.15) is 36.2 Å². The number of esters is 5. The number of methoxy groups -OCH3 is 1. The maximum atomic E-state index is 12.9. The van der Waals surface area contributed by atoms with Gasteiger partial charge in [-0.05, 0) is 92.4 Å². The molecule has 2 atom stereocenters. The van der Waals surface area contributed by atoms with Gasteiger partial charge in [0.2, 0.25) is 0 Å². The summed E-state index contributed by atoms with van der Waals surface area (Å²) in [5.41, 5.74) is 0.448. The monoisotopic (exact) mass is 850 g/mol. The molecular formula is C44H50O15S. The molecule has 0 spiro atoms. The van der Waals surface area contributed by atoms with E-state index >= 15 is 0 Å². The maximum absolute atomic E-state index is 12.9. The van der Waals surface area contributed by atoms with Crippen molar-refractivity contribution in [2.24, 2.45) is 0 Å². The number of hydrogen-bond acceptors (Lipinski definition) is 16. The average Bonchev–Trinajstić information content (AvgIpc) is 3.26. The zero-order valence-corrected chi connectivity index (χ0v) is 34.3. The second-order valence-corrected chi connectivity index (χ2v) is 13.0. The second-order valence-electron chi connectivity index (χ2n) is 12.5. The van der Waals surface area contributed by atoms with Crippen LogP contribution >= 0.6 is 12.6 Å². The van der Waals surface area contributed by atoms with Gasteiger partial charge in [0, 0.05) is 45.2 Å². The Bertz CT molecular complexity index is 1860. The molecule has 0 fully saturated rings. The van der Waals surface area contributed by atoms with Crippen molar-refractivity contribution in [1.82, 2.24) is 0 Å². The number of carbonyl (C=O) groups excluding carboxylic acids is 5. The lowest BCUT2D eigenvalue weighted by Gasteiger charge is -2.18. The third-order valence-electron chi connectivity index (χ3n) is 7.88. The van der Waals surface area contributed by atoms with Crippen LogP contribution in [0.25, 0.3) is 0 Å². The van der Waals surface area contributed by atoms with Crippen molar-refractivity contribution < 1.29 is 71.3 Å². The van der Waals surface area contributed by atoms with Crippen molar-refractivity contribution in [1.29, 1.82) is 0 Å². The van der Waals surface area contributed by atoms with Gasteiger partial charge in [-0.1, -0.05) is 19.7 Å². The van der Waals surface area contributed by atoms with Crippen LogP contribution in [-0.4, -0.2) is 102 Å². The van der Waals surface area contributed by atoms with Gasteiger partial charge in [0.05, 0.1) is 35.8 Å². The molecule has 15 nitrogen and oxygen atoms in total. The van der Waals surface area contributed by atoms with Crippen LogP contribution in [0.1, 0.15) is 46.4 Å². The van der Waals surface area contributed by atoms with E-state index in [1.54, 1.807) is 31.4 Å². The van der Waals surface area contributed by atoms with Crippen LogP contribution in [0.5, 0.6) is 23.0 Å². The smallest absolute Gasteiger partial charge is 0.343 e. The van der Waals surface area contributed by atoms with Crippen molar-refractivity contribution in [3.05, 3.63) is 116 Å². The summed E-state index contributed by atoms with van der Waals surface area (Å²) < 4.78 is 54.4. The van der Waals surface area contributed by atoms with Gasteiger partial charge in [-0.2, -0.15) is 0 Å². The normalized spacial score (nSPS) is 11.6. The van der Waals surface area contributed by atoms with E-state index in [4.69, 9.17) is 47.4 Å². The molecule has 0 saturated carbocycles. The molecule has 0 aliphatic heterocycles. The minimum absolute atomic E-state index is 0.0111. The van der Waals surface area contributed by atoms with E-state index in [9.17, 15) is 24.0 Å². The number of hydrogen-bond donors (Lipinski definition) is 1. The minimum Gasteiger partial charge on any atom is -0.490 e. The highest BCUT2D eigenvalue weighted by molar-refractivity contribution is 7.80. The molecule has 0 saturated heterocycles. The molecule has 0 N–H and O–H groups in total. The molecule has 60 heavy (non-hydrogen) atoms. The third kappa shape index (κ3) is 18.8. The zero-order valence-electron chi connectivity index (χ0n) is 33.4. The Morgan fingerprint density at radius 3 is 1.48 bits per heavy atom. The molecule has 0 heterocycles. The quantitative estimate of drug-likeness (QED) is 0.0204. The number of carbonyl (C=O) groups is 5. The molecule has 2 unspecified atom stereocenters. The van der Waals surface area contributed by atoms with Crippen molar-refractivity contribution in [2.45, 2.75) is 42.8 Å². The third-order valence-corrected chi connectivity index (χ3v) is 8.23. The Hall–Kier alpha value is -5.94. The largest absolute Gasteiger partial charge is 0.490 e. The molecule has 3 rings (SSSR count). The van der Waals surface area contributed by atoms with E-state index in [1.165, 1.54) is 42.5 Å². The van der Waals surface area contributed by atoms with Gasteiger partial charge >= 0.3 is 29.8 Å². The summed E-state index contributed by atoms with van der Waals surface area (Å²) in [4.78, 5) is 60.8. The summed E-state index contributed by atoms with van der Waals surface area (Å²) in [6, 6.07) is 16.6. The predicted octanol–water partition coefficient (Wildman–Crippen LogP) is 6.34. The molecule has 0 aromatic heterocycles. The molecular weight excluding hydrogens is 801 g/mol. The predicted molar refractivity (Wildman–Crippen MR) is 221 cm³/mol. The summed E-state index contributed by atoms with van der Waals surface area (Å²) in [6.07, 6.45) is 4.59. The lowest BCUT2D eigenvalue weighted by Crippen LogP contribution is -2.29. The minimum atomic E-state index is -0.744. The first-order valence-electron chi connectivity index (χ1n) is 18.9. The first-order chi connectivity index (χ1) is 29.0. The molecule has 0 aliphatic carbocycles. The van der Waals surface area contributed by atoms with Crippen LogP contribution in [0, 0.1) is 0 Å². The molecule has 0 radical (unpaired) electrons. The molecule has 0 bridgehead atoms. The summed E-state index contributed by atoms with van der Waals surface area (Å²) in [5.74, 6) is -1.96. The summed E-state index contributed by atoms with van der Waals surface area (Å²) >= 11 is 4.41. The number of rotatable bonds is 29. The standard InChI is InChI=1S/C44H50O15S/c1-5-40(45)53-25-11-10-24-52-28-37(57-42(47)7-3)30-54-33-16-12-31(13-17-33)43(48)58-35-20-21-38(39(60)26-35)59-44(49)32-14-18-34(19-15-32)55-29-36(56-41(46)6-2)27-51-23-9-8-22-50-4/h5-7,12-21,26,36-37,60H,1-3,8-11,22-25,27-30H2,4H3. The highest BCUT2D eigenvalue weighted by Gasteiger charge is 2.18. The number of thiol groups is 1. The topological polar surface area (TPSA) is 178 Å². The van der Waals surface area contributed by atoms with Gasteiger partial charge in [0.15, 0.2) is 12.2 Å². The van der Waals surface area contributed by atoms with E-state index in [0.29, 0.717) is 44.2 Å². The second kappa shape index (κ2) is 27.7. The highest BCUT2D eigenvalue weighted by Crippen LogP contribution is 2.29. The SMILES string of the molecule is C=CC(=O)OCCCCOCC(COc1ccc(C(=O)Oc2ccc(OC(=O)c3ccc(OCC(COCCCCOC)OC(=O)C=C)cc3)c(S)c2)cc1)OC(=O)C=C. The van der Waals surface area contributed by atoms with E-state index in [-0.39, 0.29) is 60.6 Å². The summed E-state index contributed by atoms with van der Waals surface area (Å²) in [6.45, 7) is 12.0. The Morgan fingerprint density at radius 1 is 0.567 bits per heavy atom. The molecule has 3 aromatic carbocycles. The van der Waals surface area contributed by atoms with Crippen LogP contribution in [0.3, 0.4) is 0 Å². The average molecular weight is 851 g/mol. The van der Waals surface area contributed by atoms with Crippen molar-refractivity contribution in [3.63, 3.8) is 0 Å². The van der Waals surface area contributed by atoms with Crippen LogP contribution in [0.15, 0.2) is 110 Å². The van der Waals surface area contributed by atoms with E-state index in [2.05, 4.69) is 32.4 Å². The zero-order chi connectivity index (χ0) is 43.5. The van der Waals surface area contributed by atoms with Gasteiger partial charge in [-0.15, -0.1) is 12.6 Å². The van der Waals surface area contributed by atoms with Crippen molar-refractivity contribution in [3.8, 4) is 23.0 Å².